The van der Waals surface area contributed by atoms with Gasteiger partial charge in [0, 0.05) is 5.92 Å². The summed E-state index contributed by atoms with van der Waals surface area (Å²) in [6.07, 6.45) is 8.40. The van der Waals surface area contributed by atoms with Crippen molar-refractivity contribution in [2.75, 3.05) is 0 Å². The van der Waals surface area contributed by atoms with E-state index in [4.69, 9.17) is 5.11 Å². The van der Waals surface area contributed by atoms with Crippen LogP contribution in [0, 0.1) is 17.8 Å². The van der Waals surface area contributed by atoms with Crippen LogP contribution in [0.2, 0.25) is 0 Å². The maximum atomic E-state index is 11.9. The molecule has 0 aliphatic heterocycles. The summed E-state index contributed by atoms with van der Waals surface area (Å²) in [7, 11) is 0. The van der Waals surface area contributed by atoms with E-state index in [0.29, 0.717) is 5.92 Å². The van der Waals surface area contributed by atoms with Crippen LogP contribution in [0.15, 0.2) is 30.0 Å². The second-order valence-corrected chi connectivity index (χ2v) is 5.63. The van der Waals surface area contributed by atoms with Gasteiger partial charge in [0.2, 0.25) is 0 Å². The smallest absolute Gasteiger partial charge is 0.306 e. The molecule has 1 saturated carbocycles. The number of carboxylic acid groups (broad SMARTS) is 1. The molecule has 0 aromatic carbocycles. The minimum atomic E-state index is -0.674. The first-order chi connectivity index (χ1) is 9.10. The van der Waals surface area contributed by atoms with Crippen molar-refractivity contribution >= 4 is 11.8 Å². The quantitative estimate of drug-likeness (QED) is 0.793. The molecule has 0 heterocycles. The molecule has 0 amide bonds. The molecule has 3 nitrogen and oxygen atoms in total. The number of rotatable bonds is 3. The van der Waals surface area contributed by atoms with Gasteiger partial charge in [-0.05, 0) is 62.2 Å². The highest BCUT2D eigenvalue weighted by Gasteiger charge is 2.30. The van der Waals surface area contributed by atoms with Crippen molar-refractivity contribution in [1.82, 2.24) is 0 Å². The molecule has 1 atom stereocenters. The molecule has 0 saturated heterocycles. The Labute approximate surface area is 113 Å². The summed E-state index contributed by atoms with van der Waals surface area (Å²) in [6.45, 7) is 3.63. The summed E-state index contributed by atoms with van der Waals surface area (Å²) < 4.78 is 0. The minimum absolute atomic E-state index is 0.0422. The molecule has 1 fully saturated rings. The maximum absolute atomic E-state index is 11.9. The largest absolute Gasteiger partial charge is 0.481 e. The van der Waals surface area contributed by atoms with E-state index in [-0.39, 0.29) is 17.6 Å². The fourth-order valence-corrected chi connectivity index (χ4v) is 3.13. The lowest BCUT2D eigenvalue weighted by atomic mass is 9.75. The molecule has 0 aromatic heterocycles. The Bertz CT molecular complexity index is 447. The van der Waals surface area contributed by atoms with E-state index in [1.165, 1.54) is 0 Å². The van der Waals surface area contributed by atoms with E-state index >= 15 is 0 Å². The summed E-state index contributed by atoms with van der Waals surface area (Å²) in [4.78, 5) is 22.8. The zero-order valence-electron chi connectivity index (χ0n) is 11.1. The Morgan fingerprint density at radius 3 is 2.58 bits per heavy atom. The third-order valence-corrected chi connectivity index (χ3v) is 4.36. The van der Waals surface area contributed by atoms with Gasteiger partial charge in [-0.15, -0.1) is 5.73 Å². The van der Waals surface area contributed by atoms with Crippen LogP contribution in [0.4, 0.5) is 0 Å². The van der Waals surface area contributed by atoms with Crippen molar-refractivity contribution in [3.05, 3.63) is 30.0 Å². The van der Waals surface area contributed by atoms with Crippen LogP contribution in [0.25, 0.3) is 0 Å². The van der Waals surface area contributed by atoms with Gasteiger partial charge in [-0.1, -0.05) is 6.58 Å². The van der Waals surface area contributed by atoms with Gasteiger partial charge in [-0.3, -0.25) is 9.59 Å². The van der Waals surface area contributed by atoms with Gasteiger partial charge in [-0.25, -0.2) is 0 Å². The van der Waals surface area contributed by atoms with E-state index in [2.05, 4.69) is 12.3 Å². The monoisotopic (exact) mass is 260 g/mol. The van der Waals surface area contributed by atoms with E-state index in [1.807, 2.05) is 0 Å². The summed E-state index contributed by atoms with van der Waals surface area (Å²) in [5, 5.41) is 8.97. The van der Waals surface area contributed by atoms with Gasteiger partial charge in [-0.2, -0.15) is 0 Å². The Morgan fingerprint density at radius 2 is 2.00 bits per heavy atom. The Morgan fingerprint density at radius 1 is 1.32 bits per heavy atom. The number of aliphatic carboxylic acids is 1. The fraction of sp³-hybridized carbons (Fsp3) is 0.562. The zero-order valence-corrected chi connectivity index (χ0v) is 11.1. The van der Waals surface area contributed by atoms with Crippen molar-refractivity contribution in [2.45, 2.75) is 38.5 Å². The van der Waals surface area contributed by atoms with Crippen molar-refractivity contribution in [3.63, 3.8) is 0 Å². The Hall–Kier alpha value is -1.60. The van der Waals surface area contributed by atoms with Crippen molar-refractivity contribution < 1.29 is 14.7 Å². The maximum Gasteiger partial charge on any atom is 0.306 e. The van der Waals surface area contributed by atoms with Crippen LogP contribution in [0.5, 0.6) is 0 Å². The highest BCUT2D eigenvalue weighted by atomic mass is 16.4. The van der Waals surface area contributed by atoms with Crippen LogP contribution in [-0.2, 0) is 9.59 Å². The van der Waals surface area contributed by atoms with Crippen molar-refractivity contribution in [2.24, 2.45) is 17.8 Å². The Kier molecular flexibility index (Phi) is 4.39. The average molecular weight is 260 g/mol. The molecule has 1 N–H and O–H groups in total. The summed E-state index contributed by atoms with van der Waals surface area (Å²) in [6, 6.07) is 0. The summed E-state index contributed by atoms with van der Waals surface area (Å²) >= 11 is 0. The number of carboxylic acids is 1. The lowest BCUT2D eigenvalue weighted by Crippen LogP contribution is -2.25. The van der Waals surface area contributed by atoms with Gasteiger partial charge in [0.1, 0.15) is 0 Å². The first-order valence-corrected chi connectivity index (χ1v) is 6.93. The molecule has 19 heavy (non-hydrogen) atoms. The lowest BCUT2D eigenvalue weighted by molar-refractivity contribution is -0.143. The highest BCUT2D eigenvalue weighted by Crippen LogP contribution is 2.35. The predicted octanol–water partition coefficient (Wildman–Crippen LogP) is 3.12. The summed E-state index contributed by atoms with van der Waals surface area (Å²) in [5.41, 5.74) is 3.87. The second-order valence-electron chi connectivity index (χ2n) is 5.63. The number of carbonyl (C=O) groups excluding carboxylic acids is 1. The molecule has 0 bridgehead atoms. The first kappa shape index (κ1) is 13.8. The molecule has 2 aliphatic rings. The fourth-order valence-electron chi connectivity index (χ4n) is 3.13. The standard InChI is InChI=1S/C16H20O3/c1-2-11-5-8-15(17)14(9-11)10-12-3-6-13(7-4-12)16(18)19/h5,8,12-14H,1,3-4,6-7,9-10H2,(H,18,19). The predicted molar refractivity (Wildman–Crippen MR) is 72.6 cm³/mol. The number of allylic oxidation sites excluding steroid dienone is 3. The molecular weight excluding hydrogens is 240 g/mol. The molecule has 0 radical (unpaired) electrons. The third kappa shape index (κ3) is 3.45. The SMILES string of the molecule is C=C=C1C=CC(=O)C(CC2CCC(C(=O)O)CC2)C1. The zero-order chi connectivity index (χ0) is 13.8. The van der Waals surface area contributed by atoms with E-state index in [0.717, 1.165) is 44.1 Å². The molecule has 2 rings (SSSR count). The molecule has 2 aliphatic carbocycles. The van der Waals surface area contributed by atoms with Gasteiger partial charge in [0.05, 0.1) is 5.92 Å². The van der Waals surface area contributed by atoms with E-state index in [1.54, 1.807) is 12.2 Å². The number of hydrogen-bond donors (Lipinski definition) is 1. The van der Waals surface area contributed by atoms with E-state index in [9.17, 15) is 9.59 Å². The van der Waals surface area contributed by atoms with Gasteiger partial charge >= 0.3 is 5.97 Å². The second kappa shape index (κ2) is 6.03. The van der Waals surface area contributed by atoms with Crippen LogP contribution in [0.3, 0.4) is 0 Å². The lowest BCUT2D eigenvalue weighted by Gasteiger charge is -2.29. The highest BCUT2D eigenvalue weighted by molar-refractivity contribution is 5.93. The van der Waals surface area contributed by atoms with E-state index < -0.39 is 5.97 Å². The van der Waals surface area contributed by atoms with Gasteiger partial charge in [0.25, 0.3) is 0 Å². The molecule has 0 spiro atoms. The normalized spacial score (nSPS) is 31.1. The van der Waals surface area contributed by atoms with Crippen LogP contribution >= 0.6 is 0 Å². The van der Waals surface area contributed by atoms with Crippen molar-refractivity contribution in [3.8, 4) is 0 Å². The molecule has 3 heteroatoms. The Balaban J connectivity index is 1.89. The number of ketones is 1. The first-order valence-electron chi connectivity index (χ1n) is 6.93. The van der Waals surface area contributed by atoms with Crippen molar-refractivity contribution in [1.29, 1.82) is 0 Å². The van der Waals surface area contributed by atoms with Crippen LogP contribution < -0.4 is 0 Å². The molecule has 1 unspecified atom stereocenters. The molecule has 102 valence electrons. The molecular formula is C16H20O3. The van der Waals surface area contributed by atoms with Crippen LogP contribution in [0.1, 0.15) is 38.5 Å². The molecule has 0 aromatic rings. The van der Waals surface area contributed by atoms with Crippen LogP contribution in [-0.4, -0.2) is 16.9 Å². The number of carbonyl (C=O) groups is 2. The van der Waals surface area contributed by atoms with Gasteiger partial charge < -0.3 is 5.11 Å². The third-order valence-electron chi connectivity index (χ3n) is 4.36. The minimum Gasteiger partial charge on any atom is -0.481 e. The van der Waals surface area contributed by atoms with Gasteiger partial charge in [0.15, 0.2) is 5.78 Å². The topological polar surface area (TPSA) is 54.4 Å². The number of hydrogen-bond acceptors (Lipinski definition) is 2. The average Bonchev–Trinajstić information content (AvgIpc) is 2.42. The summed E-state index contributed by atoms with van der Waals surface area (Å²) in [5.74, 6) is -0.129.